The van der Waals surface area contributed by atoms with Gasteiger partial charge in [-0.15, -0.1) is 11.3 Å². The highest BCUT2D eigenvalue weighted by Crippen LogP contribution is 2.17. The quantitative estimate of drug-likeness (QED) is 0.636. The third-order valence-corrected chi connectivity index (χ3v) is 4.30. The Hall–Kier alpha value is -2.18. The lowest BCUT2D eigenvalue weighted by Gasteiger charge is -2.13. The summed E-state index contributed by atoms with van der Waals surface area (Å²) in [5, 5.41) is 2.93. The summed E-state index contributed by atoms with van der Waals surface area (Å²) < 4.78 is 24.1. The predicted molar refractivity (Wildman–Crippen MR) is 91.5 cm³/mol. The Kier molecular flexibility index (Phi) is 5.27. The number of aromatic nitrogens is 1. The van der Waals surface area contributed by atoms with Crippen molar-refractivity contribution in [2.75, 3.05) is 7.05 Å². The second-order valence-electron chi connectivity index (χ2n) is 5.66. The lowest BCUT2D eigenvalue weighted by Crippen LogP contribution is -2.17. The first kappa shape index (κ1) is 16.7. The summed E-state index contributed by atoms with van der Waals surface area (Å²) in [6.45, 7) is 3.81. The topological polar surface area (TPSA) is 38.5 Å². The van der Waals surface area contributed by atoms with Crippen LogP contribution in [0.25, 0.3) is 0 Å². The zero-order valence-corrected chi connectivity index (χ0v) is 14.5. The van der Waals surface area contributed by atoms with E-state index in [1.807, 2.05) is 31.5 Å². The smallest absolute Gasteiger partial charge is 0.140 e. The largest absolute Gasteiger partial charge is 0.486 e. The summed E-state index contributed by atoms with van der Waals surface area (Å²) in [5.74, 6) is 2.24. The summed E-state index contributed by atoms with van der Waals surface area (Å²) in [6.07, 6.45) is 0. The molecule has 0 aliphatic rings. The molecule has 4 nitrogen and oxygen atoms in total. The number of thiazole rings is 1. The molecule has 0 saturated heterocycles. The standard InChI is InChI=1S/C18H19FN2O2S/c1-13-3-6-17(23-13)10-21(2)9-15-12-24-18(20-15)11-22-16-7-4-14(19)5-8-16/h3-8,12H,9-11H2,1-2H3. The number of hydrogen-bond donors (Lipinski definition) is 0. The molecule has 0 aliphatic carbocycles. The first-order valence-corrected chi connectivity index (χ1v) is 8.52. The third kappa shape index (κ3) is 4.66. The maximum atomic E-state index is 12.9. The lowest BCUT2D eigenvalue weighted by atomic mass is 10.3. The normalized spacial score (nSPS) is 11.2. The zero-order chi connectivity index (χ0) is 16.9. The van der Waals surface area contributed by atoms with Crippen molar-refractivity contribution in [2.45, 2.75) is 26.6 Å². The van der Waals surface area contributed by atoms with Gasteiger partial charge >= 0.3 is 0 Å². The summed E-state index contributed by atoms with van der Waals surface area (Å²) in [4.78, 5) is 6.73. The van der Waals surface area contributed by atoms with Crippen LogP contribution in [0.1, 0.15) is 22.2 Å². The molecule has 0 N–H and O–H groups in total. The van der Waals surface area contributed by atoms with Crippen molar-refractivity contribution in [2.24, 2.45) is 0 Å². The molecule has 0 spiro atoms. The molecular formula is C18H19FN2O2S. The van der Waals surface area contributed by atoms with Crippen LogP contribution in [0.15, 0.2) is 46.2 Å². The van der Waals surface area contributed by atoms with E-state index in [1.54, 1.807) is 23.5 Å². The van der Waals surface area contributed by atoms with Crippen LogP contribution >= 0.6 is 11.3 Å². The van der Waals surface area contributed by atoms with Gasteiger partial charge in [0.2, 0.25) is 0 Å². The van der Waals surface area contributed by atoms with E-state index in [4.69, 9.17) is 9.15 Å². The number of hydrogen-bond acceptors (Lipinski definition) is 5. The maximum Gasteiger partial charge on any atom is 0.140 e. The number of aryl methyl sites for hydroxylation is 1. The zero-order valence-electron chi connectivity index (χ0n) is 13.7. The highest BCUT2D eigenvalue weighted by atomic mass is 32.1. The molecule has 1 aromatic carbocycles. The van der Waals surface area contributed by atoms with Crippen molar-refractivity contribution in [1.29, 1.82) is 0 Å². The van der Waals surface area contributed by atoms with Gasteiger partial charge in [-0.2, -0.15) is 0 Å². The monoisotopic (exact) mass is 346 g/mol. The van der Waals surface area contributed by atoms with Gasteiger partial charge in [0.25, 0.3) is 0 Å². The van der Waals surface area contributed by atoms with Crippen LogP contribution in [0.5, 0.6) is 5.75 Å². The van der Waals surface area contributed by atoms with Gasteiger partial charge in [-0.25, -0.2) is 9.37 Å². The Labute approximate surface area is 144 Å². The van der Waals surface area contributed by atoms with Gasteiger partial charge in [-0.05, 0) is 50.4 Å². The minimum Gasteiger partial charge on any atom is -0.486 e. The van der Waals surface area contributed by atoms with E-state index in [2.05, 4.69) is 9.88 Å². The summed E-state index contributed by atoms with van der Waals surface area (Å²) in [7, 11) is 2.03. The van der Waals surface area contributed by atoms with Crippen molar-refractivity contribution >= 4 is 11.3 Å². The first-order chi connectivity index (χ1) is 11.6. The second-order valence-corrected chi connectivity index (χ2v) is 6.60. The number of furan rings is 1. The molecule has 0 aliphatic heterocycles. The molecule has 3 aromatic rings. The van der Waals surface area contributed by atoms with Gasteiger partial charge < -0.3 is 9.15 Å². The van der Waals surface area contributed by atoms with E-state index in [0.717, 1.165) is 35.3 Å². The van der Waals surface area contributed by atoms with Crippen molar-refractivity contribution in [3.8, 4) is 5.75 Å². The van der Waals surface area contributed by atoms with E-state index < -0.39 is 0 Å². The molecule has 126 valence electrons. The van der Waals surface area contributed by atoms with Gasteiger partial charge in [-0.1, -0.05) is 0 Å². The minimum atomic E-state index is -0.270. The molecule has 24 heavy (non-hydrogen) atoms. The molecule has 0 fully saturated rings. The van der Waals surface area contributed by atoms with Crippen LogP contribution in [-0.4, -0.2) is 16.9 Å². The lowest BCUT2D eigenvalue weighted by molar-refractivity contribution is 0.280. The molecule has 0 saturated carbocycles. The summed E-state index contributed by atoms with van der Waals surface area (Å²) in [6, 6.07) is 9.96. The number of benzene rings is 1. The van der Waals surface area contributed by atoms with Crippen LogP contribution in [0.3, 0.4) is 0 Å². The van der Waals surface area contributed by atoms with Gasteiger partial charge in [0.1, 0.15) is 34.7 Å². The van der Waals surface area contributed by atoms with Crippen molar-refractivity contribution < 1.29 is 13.5 Å². The molecule has 0 amide bonds. The first-order valence-electron chi connectivity index (χ1n) is 7.64. The summed E-state index contributed by atoms with van der Waals surface area (Å²) in [5.41, 5.74) is 1.00. The SMILES string of the molecule is Cc1ccc(CN(C)Cc2csc(COc3ccc(F)cc3)n2)o1. The summed E-state index contributed by atoms with van der Waals surface area (Å²) >= 11 is 1.56. The molecule has 0 radical (unpaired) electrons. The average molecular weight is 346 g/mol. The Bertz CT molecular complexity index is 782. The van der Waals surface area contributed by atoms with Crippen molar-refractivity contribution in [1.82, 2.24) is 9.88 Å². The Morgan fingerprint density at radius 3 is 2.67 bits per heavy atom. The van der Waals surface area contributed by atoms with Crippen LogP contribution in [0.4, 0.5) is 4.39 Å². The fourth-order valence-electron chi connectivity index (χ4n) is 2.33. The third-order valence-electron chi connectivity index (χ3n) is 3.43. The highest BCUT2D eigenvalue weighted by molar-refractivity contribution is 7.09. The van der Waals surface area contributed by atoms with E-state index in [0.29, 0.717) is 12.4 Å². The molecule has 0 bridgehead atoms. The minimum absolute atomic E-state index is 0.270. The number of ether oxygens (including phenoxy) is 1. The maximum absolute atomic E-state index is 12.9. The fraction of sp³-hybridized carbons (Fsp3) is 0.278. The molecule has 2 aromatic heterocycles. The number of halogens is 1. The molecule has 2 heterocycles. The van der Waals surface area contributed by atoms with Crippen LogP contribution in [0.2, 0.25) is 0 Å². The van der Waals surface area contributed by atoms with Gasteiger partial charge in [0.15, 0.2) is 0 Å². The van der Waals surface area contributed by atoms with E-state index in [-0.39, 0.29) is 5.82 Å². The predicted octanol–water partition coefficient (Wildman–Crippen LogP) is 4.39. The molecular weight excluding hydrogens is 327 g/mol. The average Bonchev–Trinajstić information content (AvgIpc) is 3.16. The molecule has 0 atom stereocenters. The number of nitrogens with zero attached hydrogens (tertiary/aromatic N) is 2. The highest BCUT2D eigenvalue weighted by Gasteiger charge is 2.08. The fourth-order valence-corrected chi connectivity index (χ4v) is 3.03. The number of rotatable bonds is 7. The Balaban J connectivity index is 1.50. The van der Waals surface area contributed by atoms with Crippen LogP contribution < -0.4 is 4.74 Å². The van der Waals surface area contributed by atoms with Gasteiger partial charge in [0.05, 0.1) is 12.2 Å². The van der Waals surface area contributed by atoms with Crippen LogP contribution in [0, 0.1) is 12.7 Å². The van der Waals surface area contributed by atoms with E-state index >= 15 is 0 Å². The van der Waals surface area contributed by atoms with Crippen molar-refractivity contribution in [3.05, 3.63) is 69.8 Å². The molecule has 6 heteroatoms. The van der Waals surface area contributed by atoms with Gasteiger partial charge in [0, 0.05) is 11.9 Å². The van der Waals surface area contributed by atoms with Crippen molar-refractivity contribution in [3.63, 3.8) is 0 Å². The van der Waals surface area contributed by atoms with Gasteiger partial charge in [-0.3, -0.25) is 4.90 Å². The van der Waals surface area contributed by atoms with Crippen LogP contribution in [-0.2, 0) is 19.7 Å². The molecule has 3 rings (SSSR count). The van der Waals surface area contributed by atoms with E-state index in [1.165, 1.54) is 12.1 Å². The Morgan fingerprint density at radius 2 is 1.96 bits per heavy atom. The van der Waals surface area contributed by atoms with E-state index in [9.17, 15) is 4.39 Å². The Morgan fingerprint density at radius 1 is 1.17 bits per heavy atom. The molecule has 0 unspecified atom stereocenters. The second kappa shape index (κ2) is 7.59.